The molecule has 0 aliphatic heterocycles. The average molecular weight is 394 g/mol. The largest absolute Gasteiger partial charge is 0.395 e. The van der Waals surface area contributed by atoms with Crippen LogP contribution in [0.25, 0.3) is 15.9 Å². The smallest absolute Gasteiger partial charge is 0.230 e. The number of benzene rings is 1. The van der Waals surface area contributed by atoms with Crippen molar-refractivity contribution in [2.24, 2.45) is 5.92 Å². The quantitative estimate of drug-likeness (QED) is 0.562. The van der Waals surface area contributed by atoms with Crippen LogP contribution < -0.4 is 4.90 Å². The van der Waals surface area contributed by atoms with E-state index in [0.717, 1.165) is 34.7 Å². The summed E-state index contributed by atoms with van der Waals surface area (Å²) < 4.78 is 1.84. The number of hydrogen-bond acceptors (Lipinski definition) is 6. The number of rotatable bonds is 5. The molecule has 144 valence electrons. The number of anilines is 1. The molecule has 0 bridgehead atoms. The van der Waals surface area contributed by atoms with Crippen molar-refractivity contribution in [3.63, 3.8) is 0 Å². The number of hydrogen-bond donors (Lipinski definition) is 1. The first-order valence-corrected chi connectivity index (χ1v) is 10.6. The highest BCUT2D eigenvalue weighted by Crippen LogP contribution is 2.39. The molecule has 0 spiro atoms. The van der Waals surface area contributed by atoms with Crippen LogP contribution in [0.4, 0.5) is 5.95 Å². The lowest BCUT2D eigenvalue weighted by Crippen LogP contribution is -2.29. The van der Waals surface area contributed by atoms with Gasteiger partial charge in [0.2, 0.25) is 5.95 Å². The average Bonchev–Trinajstić information content (AvgIpc) is 3.31. The molecule has 7 heteroatoms. The molecule has 1 aromatic carbocycles. The molecule has 28 heavy (non-hydrogen) atoms. The molecular formula is C21H23N5OS. The van der Waals surface area contributed by atoms with E-state index in [-0.39, 0.29) is 6.61 Å². The van der Waals surface area contributed by atoms with Crippen molar-refractivity contribution in [2.75, 3.05) is 18.1 Å². The molecule has 1 N–H and O–H groups in total. The van der Waals surface area contributed by atoms with Gasteiger partial charge in [-0.25, -0.2) is 9.97 Å². The van der Waals surface area contributed by atoms with Gasteiger partial charge in [-0.15, -0.1) is 11.3 Å². The first-order valence-electron chi connectivity index (χ1n) is 9.78. The number of aromatic nitrogens is 4. The van der Waals surface area contributed by atoms with Crippen LogP contribution in [0.2, 0.25) is 0 Å². The van der Waals surface area contributed by atoms with E-state index in [0.29, 0.717) is 19.0 Å². The lowest BCUT2D eigenvalue weighted by Gasteiger charge is -2.23. The van der Waals surface area contributed by atoms with Crippen LogP contribution in [-0.4, -0.2) is 37.8 Å². The molecule has 3 aromatic heterocycles. The van der Waals surface area contributed by atoms with E-state index in [1.54, 1.807) is 17.7 Å². The highest BCUT2D eigenvalue weighted by Gasteiger charge is 2.25. The number of fused-ring (bicyclic) bond motifs is 5. The van der Waals surface area contributed by atoms with E-state index in [2.05, 4.69) is 34.0 Å². The topological polar surface area (TPSA) is 66.5 Å². The van der Waals surface area contributed by atoms with Gasteiger partial charge in [-0.2, -0.15) is 9.61 Å². The Morgan fingerprint density at radius 1 is 1.29 bits per heavy atom. The van der Waals surface area contributed by atoms with Crippen molar-refractivity contribution in [3.05, 3.63) is 52.7 Å². The fraction of sp³-hybridized carbons (Fsp3) is 0.381. The Morgan fingerprint density at radius 2 is 2.14 bits per heavy atom. The van der Waals surface area contributed by atoms with Gasteiger partial charge in [0.1, 0.15) is 11.2 Å². The Balaban J connectivity index is 1.66. The van der Waals surface area contributed by atoms with E-state index in [9.17, 15) is 5.11 Å². The van der Waals surface area contributed by atoms with Gasteiger partial charge in [-0.1, -0.05) is 37.3 Å². The zero-order valence-corrected chi connectivity index (χ0v) is 16.7. The second-order valence-corrected chi connectivity index (χ2v) is 8.65. The minimum Gasteiger partial charge on any atom is -0.395 e. The summed E-state index contributed by atoms with van der Waals surface area (Å²) in [5.74, 6) is 1.43. The molecule has 5 rings (SSSR count). The fourth-order valence-electron chi connectivity index (χ4n) is 4.13. The minimum absolute atomic E-state index is 0.0567. The van der Waals surface area contributed by atoms with Crippen molar-refractivity contribution in [3.8, 4) is 0 Å². The summed E-state index contributed by atoms with van der Waals surface area (Å²) >= 11 is 1.79. The zero-order chi connectivity index (χ0) is 19.1. The molecule has 4 aromatic rings. The number of nitrogens with zero attached hydrogens (tertiary/aromatic N) is 5. The zero-order valence-electron chi connectivity index (χ0n) is 15.9. The van der Waals surface area contributed by atoms with Gasteiger partial charge < -0.3 is 10.0 Å². The third kappa shape index (κ3) is 2.95. The molecule has 0 radical (unpaired) electrons. The molecule has 0 unspecified atom stereocenters. The van der Waals surface area contributed by atoms with Crippen LogP contribution >= 0.6 is 11.3 Å². The maximum absolute atomic E-state index is 9.66. The van der Waals surface area contributed by atoms with Crippen molar-refractivity contribution >= 4 is 33.1 Å². The lowest BCUT2D eigenvalue weighted by atomic mass is 9.89. The maximum Gasteiger partial charge on any atom is 0.230 e. The molecular weight excluding hydrogens is 370 g/mol. The van der Waals surface area contributed by atoms with Crippen LogP contribution in [0.5, 0.6) is 0 Å². The first kappa shape index (κ1) is 17.6. The van der Waals surface area contributed by atoms with E-state index in [1.165, 1.54) is 22.4 Å². The second-order valence-electron chi connectivity index (χ2n) is 7.57. The third-order valence-electron chi connectivity index (χ3n) is 5.52. The summed E-state index contributed by atoms with van der Waals surface area (Å²) in [4.78, 5) is 14.2. The van der Waals surface area contributed by atoms with Gasteiger partial charge in [-0.3, -0.25) is 0 Å². The molecule has 0 saturated heterocycles. The van der Waals surface area contributed by atoms with Crippen molar-refractivity contribution in [1.82, 2.24) is 19.6 Å². The summed E-state index contributed by atoms with van der Waals surface area (Å²) in [5.41, 5.74) is 3.46. The normalized spacial score (nSPS) is 16.6. The molecule has 6 nitrogen and oxygen atoms in total. The molecule has 0 fully saturated rings. The van der Waals surface area contributed by atoms with E-state index >= 15 is 0 Å². The van der Waals surface area contributed by atoms with Crippen molar-refractivity contribution in [2.45, 2.75) is 32.7 Å². The maximum atomic E-state index is 9.66. The summed E-state index contributed by atoms with van der Waals surface area (Å²) in [6.07, 6.45) is 5.05. The number of thiophene rings is 1. The number of aliphatic hydroxyl groups is 1. The second kappa shape index (κ2) is 7.14. The molecule has 1 atom stereocenters. The Kier molecular flexibility index (Phi) is 4.49. The summed E-state index contributed by atoms with van der Waals surface area (Å²) in [6, 6.07) is 10.3. The lowest BCUT2D eigenvalue weighted by molar-refractivity contribution is 0.300. The Labute approximate surface area is 167 Å². The minimum atomic E-state index is 0.0567. The molecule has 1 aliphatic rings. The van der Waals surface area contributed by atoms with Crippen LogP contribution in [0.1, 0.15) is 29.3 Å². The van der Waals surface area contributed by atoms with Gasteiger partial charge in [0.25, 0.3) is 0 Å². The van der Waals surface area contributed by atoms with E-state index in [4.69, 9.17) is 4.98 Å². The Hall–Kier alpha value is -2.51. The monoisotopic (exact) mass is 393 g/mol. The summed E-state index contributed by atoms with van der Waals surface area (Å²) in [6.45, 7) is 3.53. The van der Waals surface area contributed by atoms with Crippen LogP contribution in [-0.2, 0) is 19.4 Å². The van der Waals surface area contributed by atoms with Crippen LogP contribution in [0, 0.1) is 5.92 Å². The first-order chi connectivity index (χ1) is 13.7. The predicted molar refractivity (Wildman–Crippen MR) is 112 cm³/mol. The van der Waals surface area contributed by atoms with Crippen LogP contribution in [0.3, 0.4) is 0 Å². The van der Waals surface area contributed by atoms with Gasteiger partial charge in [0, 0.05) is 18.0 Å². The van der Waals surface area contributed by atoms with Gasteiger partial charge in [-0.05, 0) is 36.3 Å². The molecule has 0 amide bonds. The molecule has 3 heterocycles. The Morgan fingerprint density at radius 3 is 2.96 bits per heavy atom. The SMILES string of the molecule is C[C@@H]1CCc2sc3nc(N(CCO)Cc4ccccc4)n4ncnc4c3c2C1. The number of aryl methyl sites for hydroxylation is 1. The highest BCUT2D eigenvalue weighted by atomic mass is 32.1. The van der Waals surface area contributed by atoms with Gasteiger partial charge in [0.05, 0.1) is 12.0 Å². The Bertz CT molecular complexity index is 1120. The summed E-state index contributed by atoms with van der Waals surface area (Å²) in [5, 5.41) is 15.3. The van der Waals surface area contributed by atoms with E-state index < -0.39 is 0 Å². The van der Waals surface area contributed by atoms with Crippen molar-refractivity contribution < 1.29 is 5.11 Å². The molecule has 0 saturated carbocycles. The molecule has 1 aliphatic carbocycles. The van der Waals surface area contributed by atoms with Crippen molar-refractivity contribution in [1.29, 1.82) is 0 Å². The van der Waals surface area contributed by atoms with Gasteiger partial charge >= 0.3 is 0 Å². The van der Waals surface area contributed by atoms with Crippen LogP contribution in [0.15, 0.2) is 36.7 Å². The fourth-order valence-corrected chi connectivity index (χ4v) is 5.33. The predicted octanol–water partition coefficient (Wildman–Crippen LogP) is 3.46. The number of aliphatic hydroxyl groups excluding tert-OH is 1. The standard InChI is InChI=1S/C21H23N5OS/c1-14-7-8-17-16(11-14)18-19-22-13-23-26(19)21(24-20(18)28-17)25(9-10-27)12-15-5-3-2-4-6-15/h2-6,13-14,27H,7-12H2,1H3/t14-/m1/s1. The third-order valence-corrected chi connectivity index (χ3v) is 6.71. The van der Waals surface area contributed by atoms with Gasteiger partial charge in [0.15, 0.2) is 5.65 Å². The van der Waals surface area contributed by atoms with E-state index in [1.807, 2.05) is 22.7 Å². The highest BCUT2D eigenvalue weighted by molar-refractivity contribution is 7.19. The summed E-state index contributed by atoms with van der Waals surface area (Å²) in [7, 11) is 0.